The monoisotopic (exact) mass is 316 g/mol. The molecule has 23 heavy (non-hydrogen) atoms. The summed E-state index contributed by atoms with van der Waals surface area (Å²) in [5.74, 6) is -0.351. The van der Waals surface area contributed by atoms with Crippen LogP contribution in [0.15, 0.2) is 24.3 Å². The topological polar surface area (TPSA) is 69.9 Å². The van der Waals surface area contributed by atoms with E-state index in [4.69, 9.17) is 5.73 Å². The molecule has 124 valence electrons. The van der Waals surface area contributed by atoms with Crippen molar-refractivity contribution in [1.82, 2.24) is 9.80 Å². The van der Waals surface area contributed by atoms with Crippen LogP contribution in [0.5, 0.6) is 0 Å². The maximum Gasteiger partial charge on any atom is 0.316 e. The van der Waals surface area contributed by atoms with Gasteiger partial charge in [-0.15, -0.1) is 0 Å². The van der Waals surface area contributed by atoms with Gasteiger partial charge in [-0.05, 0) is 43.6 Å². The fraction of sp³-hybridized carbons (Fsp3) is 0.529. The van der Waals surface area contributed by atoms with Crippen molar-refractivity contribution in [1.29, 1.82) is 0 Å². The van der Waals surface area contributed by atoms with Gasteiger partial charge >= 0.3 is 11.8 Å². The molecular formula is C17H24N4O2. The molecule has 0 aromatic heterocycles. The highest BCUT2D eigenvalue weighted by Crippen LogP contribution is 2.34. The van der Waals surface area contributed by atoms with Crippen LogP contribution < -0.4 is 10.6 Å². The van der Waals surface area contributed by atoms with E-state index in [1.54, 1.807) is 11.9 Å². The summed E-state index contributed by atoms with van der Waals surface area (Å²) in [5.41, 5.74) is 7.82. The Morgan fingerprint density at radius 3 is 2.39 bits per heavy atom. The Bertz CT molecular complexity index is 601. The molecule has 2 aliphatic heterocycles. The first-order valence-electron chi connectivity index (χ1n) is 8.08. The van der Waals surface area contributed by atoms with Crippen LogP contribution in [0.3, 0.4) is 0 Å². The SMILES string of the molecule is CN1CCN(c2ccc(C3CC(CN)CN3C)cc2)C(=O)C1=O. The van der Waals surface area contributed by atoms with Crippen molar-refractivity contribution in [2.45, 2.75) is 12.5 Å². The number of amides is 2. The Labute approximate surface area is 136 Å². The Hall–Kier alpha value is -1.92. The molecule has 0 spiro atoms. The lowest BCUT2D eigenvalue weighted by Crippen LogP contribution is -2.53. The molecule has 0 saturated carbocycles. The van der Waals surface area contributed by atoms with E-state index in [-0.39, 0.29) is 0 Å². The standard InChI is InChI=1S/C17H24N4O2/c1-19-7-8-21(17(23)16(19)22)14-5-3-13(4-6-14)15-9-12(10-18)11-20(15)2/h3-6,12,15H,7-11,18H2,1-2H3. The van der Waals surface area contributed by atoms with Crippen LogP contribution in [0.4, 0.5) is 5.69 Å². The number of anilines is 1. The van der Waals surface area contributed by atoms with Crippen molar-refractivity contribution in [3.63, 3.8) is 0 Å². The van der Waals surface area contributed by atoms with E-state index in [2.05, 4.69) is 24.1 Å². The maximum absolute atomic E-state index is 12.1. The zero-order chi connectivity index (χ0) is 16.6. The smallest absolute Gasteiger partial charge is 0.316 e. The molecule has 3 rings (SSSR count). The molecular weight excluding hydrogens is 292 g/mol. The molecule has 2 amide bonds. The molecule has 2 saturated heterocycles. The van der Waals surface area contributed by atoms with Gasteiger partial charge < -0.3 is 15.5 Å². The van der Waals surface area contributed by atoms with Gasteiger partial charge in [0.2, 0.25) is 0 Å². The minimum absolute atomic E-state index is 0.377. The van der Waals surface area contributed by atoms with Gasteiger partial charge in [-0.25, -0.2) is 0 Å². The zero-order valence-corrected chi connectivity index (χ0v) is 13.7. The third-order valence-corrected chi connectivity index (χ3v) is 4.99. The van der Waals surface area contributed by atoms with Crippen LogP contribution in [-0.2, 0) is 9.59 Å². The fourth-order valence-electron chi connectivity index (χ4n) is 3.52. The lowest BCUT2D eigenvalue weighted by atomic mass is 9.99. The average molecular weight is 316 g/mol. The number of likely N-dealkylation sites (N-methyl/N-ethyl adjacent to an activating group) is 1. The van der Waals surface area contributed by atoms with Gasteiger partial charge in [-0.1, -0.05) is 12.1 Å². The van der Waals surface area contributed by atoms with E-state index in [0.717, 1.165) is 25.2 Å². The van der Waals surface area contributed by atoms with E-state index in [9.17, 15) is 9.59 Å². The second kappa shape index (κ2) is 6.29. The third-order valence-electron chi connectivity index (χ3n) is 4.99. The number of likely N-dealkylation sites (tertiary alicyclic amines) is 1. The van der Waals surface area contributed by atoms with Crippen LogP contribution in [0.2, 0.25) is 0 Å². The lowest BCUT2D eigenvalue weighted by Gasteiger charge is -2.31. The molecule has 2 aliphatic rings. The predicted molar refractivity (Wildman–Crippen MR) is 89.0 cm³/mol. The van der Waals surface area contributed by atoms with E-state index in [1.165, 1.54) is 10.5 Å². The molecule has 6 heteroatoms. The molecule has 1 aromatic carbocycles. The summed E-state index contributed by atoms with van der Waals surface area (Å²) >= 11 is 0. The summed E-state index contributed by atoms with van der Waals surface area (Å²) in [6, 6.07) is 8.38. The molecule has 2 fully saturated rings. The first-order valence-corrected chi connectivity index (χ1v) is 8.08. The second-order valence-corrected chi connectivity index (χ2v) is 6.57. The number of benzene rings is 1. The summed E-state index contributed by atoms with van der Waals surface area (Å²) in [7, 11) is 3.78. The fourth-order valence-corrected chi connectivity index (χ4v) is 3.52. The summed E-state index contributed by atoms with van der Waals surface area (Å²) in [6.45, 7) is 2.85. The van der Waals surface area contributed by atoms with E-state index < -0.39 is 11.8 Å². The van der Waals surface area contributed by atoms with Gasteiger partial charge in [0.15, 0.2) is 0 Å². The maximum atomic E-state index is 12.1. The number of hydrogen-bond donors (Lipinski definition) is 1. The Morgan fingerprint density at radius 1 is 1.09 bits per heavy atom. The Morgan fingerprint density at radius 2 is 1.78 bits per heavy atom. The van der Waals surface area contributed by atoms with Gasteiger partial charge in [-0.3, -0.25) is 14.5 Å². The summed E-state index contributed by atoms with van der Waals surface area (Å²) in [4.78, 5) is 29.3. The molecule has 1 aromatic rings. The molecule has 2 atom stereocenters. The van der Waals surface area contributed by atoms with Crippen LogP contribution in [-0.4, -0.2) is 61.9 Å². The third kappa shape index (κ3) is 2.96. The zero-order valence-electron chi connectivity index (χ0n) is 13.7. The summed E-state index contributed by atoms with van der Waals surface area (Å²) in [5, 5.41) is 0. The van der Waals surface area contributed by atoms with Crippen LogP contribution >= 0.6 is 0 Å². The summed E-state index contributed by atoms with van der Waals surface area (Å²) < 4.78 is 0. The van der Waals surface area contributed by atoms with Crippen molar-refractivity contribution >= 4 is 17.5 Å². The Kier molecular flexibility index (Phi) is 4.37. The van der Waals surface area contributed by atoms with Crippen molar-refractivity contribution in [3.05, 3.63) is 29.8 Å². The van der Waals surface area contributed by atoms with E-state index >= 15 is 0 Å². The Balaban J connectivity index is 1.75. The highest BCUT2D eigenvalue weighted by molar-refractivity contribution is 6.40. The van der Waals surface area contributed by atoms with Gasteiger partial charge in [-0.2, -0.15) is 0 Å². The minimum atomic E-state index is -0.451. The number of nitrogens with zero attached hydrogens (tertiary/aromatic N) is 3. The van der Waals surface area contributed by atoms with Crippen LogP contribution in [0, 0.1) is 5.92 Å². The van der Waals surface area contributed by atoms with Crippen molar-refractivity contribution in [2.75, 3.05) is 45.2 Å². The number of carbonyl (C=O) groups is 2. The minimum Gasteiger partial charge on any atom is -0.336 e. The second-order valence-electron chi connectivity index (χ2n) is 6.57. The van der Waals surface area contributed by atoms with Gasteiger partial charge in [0, 0.05) is 38.4 Å². The number of hydrogen-bond acceptors (Lipinski definition) is 4. The van der Waals surface area contributed by atoms with Crippen LogP contribution in [0.25, 0.3) is 0 Å². The number of piperazine rings is 1. The largest absolute Gasteiger partial charge is 0.336 e. The van der Waals surface area contributed by atoms with Crippen molar-refractivity contribution in [3.8, 4) is 0 Å². The van der Waals surface area contributed by atoms with Crippen molar-refractivity contribution < 1.29 is 9.59 Å². The van der Waals surface area contributed by atoms with Gasteiger partial charge in [0.05, 0.1) is 0 Å². The predicted octanol–water partition coefficient (Wildman–Crippen LogP) is 0.443. The first-order chi connectivity index (χ1) is 11.0. The molecule has 0 bridgehead atoms. The highest BCUT2D eigenvalue weighted by Gasteiger charge is 2.32. The molecule has 2 N–H and O–H groups in total. The molecule has 6 nitrogen and oxygen atoms in total. The number of rotatable bonds is 3. The molecule has 2 unspecified atom stereocenters. The number of carbonyl (C=O) groups excluding carboxylic acids is 2. The highest BCUT2D eigenvalue weighted by atomic mass is 16.2. The molecule has 2 heterocycles. The van der Waals surface area contributed by atoms with E-state index in [0.29, 0.717) is 25.0 Å². The number of nitrogens with two attached hydrogens (primary N) is 1. The van der Waals surface area contributed by atoms with Gasteiger partial charge in [0.25, 0.3) is 0 Å². The molecule has 0 radical (unpaired) electrons. The average Bonchev–Trinajstić information content (AvgIpc) is 2.94. The van der Waals surface area contributed by atoms with Crippen molar-refractivity contribution in [2.24, 2.45) is 11.7 Å². The van der Waals surface area contributed by atoms with Crippen LogP contribution in [0.1, 0.15) is 18.0 Å². The van der Waals surface area contributed by atoms with E-state index in [1.807, 2.05) is 12.1 Å². The lowest BCUT2D eigenvalue weighted by molar-refractivity contribution is -0.145. The molecule has 0 aliphatic carbocycles. The normalized spacial score (nSPS) is 26.2. The first kappa shape index (κ1) is 16.0. The quantitative estimate of drug-likeness (QED) is 0.822. The summed E-state index contributed by atoms with van der Waals surface area (Å²) in [6.07, 6.45) is 1.07. The van der Waals surface area contributed by atoms with Gasteiger partial charge in [0.1, 0.15) is 0 Å².